The Bertz CT molecular complexity index is 1080. The van der Waals surface area contributed by atoms with Crippen LogP contribution in [-0.4, -0.2) is 29.6 Å². The molecule has 2 aromatic carbocycles. The maximum absolute atomic E-state index is 13.4. The number of anilines is 1. The number of nitrogens with zero attached hydrogens (tertiary/aromatic N) is 3. The van der Waals surface area contributed by atoms with E-state index in [0.29, 0.717) is 11.6 Å². The average Bonchev–Trinajstić information content (AvgIpc) is 3.20. The van der Waals surface area contributed by atoms with Crippen molar-refractivity contribution >= 4 is 57.6 Å². The molecule has 2 aromatic rings. The number of carbonyl (C=O) groups excluding carboxylic acids is 1. The summed E-state index contributed by atoms with van der Waals surface area (Å²) in [7, 11) is 1.99. The third-order valence-corrected chi connectivity index (χ3v) is 7.97. The van der Waals surface area contributed by atoms with Gasteiger partial charge in [0.1, 0.15) is 4.91 Å². The largest absolute Gasteiger partial charge is 0.337 e. The summed E-state index contributed by atoms with van der Waals surface area (Å²) in [5.41, 5.74) is 4.34. The molecular formula is C23H24ClN3OS2. The smallest absolute Gasteiger partial charge is 0.269 e. The van der Waals surface area contributed by atoms with Crippen LogP contribution in [0.5, 0.6) is 0 Å². The molecule has 0 bridgehead atoms. The molecule has 156 valence electrons. The van der Waals surface area contributed by atoms with Crippen LogP contribution >= 0.6 is 35.1 Å². The molecule has 0 spiro atoms. The Morgan fingerprint density at radius 3 is 2.60 bits per heavy atom. The minimum absolute atomic E-state index is 0.0317. The number of halogens is 1. The molecule has 1 fully saturated rings. The molecular weight excluding hydrogens is 434 g/mol. The van der Waals surface area contributed by atoms with Crippen molar-refractivity contribution in [3.63, 3.8) is 0 Å². The standard InChI is InChI=1S/C23H24ClN3OS2/c1-5-6-11-27-21(28)20(22-26(4)18-13-16(24)8-10-19(18)29-22)30-23(27)25-17-9-7-14(2)15(3)12-17/h7-10,12-13H,5-6,11H2,1-4H3. The molecule has 30 heavy (non-hydrogen) atoms. The monoisotopic (exact) mass is 457 g/mol. The summed E-state index contributed by atoms with van der Waals surface area (Å²) in [5, 5.41) is 2.38. The molecule has 2 aliphatic rings. The summed E-state index contributed by atoms with van der Waals surface area (Å²) in [6.07, 6.45) is 1.97. The minimum atomic E-state index is 0.0317. The molecule has 0 unspecified atom stereocenters. The Labute approximate surface area is 191 Å². The molecule has 0 radical (unpaired) electrons. The quantitative estimate of drug-likeness (QED) is 0.477. The summed E-state index contributed by atoms with van der Waals surface area (Å²) in [5.74, 6) is 0.0317. The van der Waals surface area contributed by atoms with Crippen molar-refractivity contribution in [2.24, 2.45) is 4.99 Å². The van der Waals surface area contributed by atoms with Gasteiger partial charge in [-0.25, -0.2) is 4.99 Å². The summed E-state index contributed by atoms with van der Waals surface area (Å²) in [6, 6.07) is 12.0. The number of rotatable bonds is 4. The van der Waals surface area contributed by atoms with Crippen molar-refractivity contribution in [2.45, 2.75) is 38.5 Å². The van der Waals surface area contributed by atoms with E-state index >= 15 is 0 Å². The van der Waals surface area contributed by atoms with Crippen LogP contribution in [0.4, 0.5) is 11.4 Å². The van der Waals surface area contributed by atoms with Crippen LogP contribution < -0.4 is 4.90 Å². The van der Waals surface area contributed by atoms with E-state index < -0.39 is 0 Å². The highest BCUT2D eigenvalue weighted by molar-refractivity contribution is 8.19. The van der Waals surface area contributed by atoms with Gasteiger partial charge >= 0.3 is 0 Å². The van der Waals surface area contributed by atoms with Gasteiger partial charge < -0.3 is 4.90 Å². The zero-order chi connectivity index (χ0) is 21.4. The number of amidine groups is 1. The number of unbranched alkanes of at least 4 members (excludes halogenated alkanes) is 1. The van der Waals surface area contributed by atoms with Crippen LogP contribution in [0, 0.1) is 13.8 Å². The van der Waals surface area contributed by atoms with Gasteiger partial charge in [0.25, 0.3) is 5.91 Å². The van der Waals surface area contributed by atoms with E-state index in [0.717, 1.165) is 44.2 Å². The summed E-state index contributed by atoms with van der Waals surface area (Å²) < 4.78 is 0. The van der Waals surface area contributed by atoms with Gasteiger partial charge in [-0.15, -0.1) is 0 Å². The van der Waals surface area contributed by atoms with Crippen LogP contribution in [0.1, 0.15) is 30.9 Å². The van der Waals surface area contributed by atoms with E-state index in [2.05, 4.69) is 37.8 Å². The number of amides is 1. The van der Waals surface area contributed by atoms with Gasteiger partial charge in [-0.1, -0.05) is 42.8 Å². The van der Waals surface area contributed by atoms with Gasteiger partial charge in [0.2, 0.25) is 0 Å². The predicted molar refractivity (Wildman–Crippen MR) is 130 cm³/mol. The molecule has 0 atom stereocenters. The van der Waals surface area contributed by atoms with Crippen molar-refractivity contribution in [1.29, 1.82) is 0 Å². The normalized spacial score (nSPS) is 19.9. The Morgan fingerprint density at radius 1 is 1.07 bits per heavy atom. The second-order valence-corrected chi connectivity index (χ2v) is 9.93. The zero-order valence-corrected chi connectivity index (χ0v) is 19.9. The highest BCUT2D eigenvalue weighted by atomic mass is 35.5. The lowest BCUT2D eigenvalue weighted by atomic mass is 10.1. The van der Waals surface area contributed by atoms with Crippen LogP contribution in [-0.2, 0) is 4.79 Å². The van der Waals surface area contributed by atoms with E-state index in [1.54, 1.807) is 11.8 Å². The van der Waals surface area contributed by atoms with Crippen molar-refractivity contribution in [3.8, 4) is 0 Å². The van der Waals surface area contributed by atoms with Crippen LogP contribution in [0.3, 0.4) is 0 Å². The van der Waals surface area contributed by atoms with Gasteiger partial charge in [-0.05, 0) is 73.5 Å². The average molecular weight is 458 g/mol. The fourth-order valence-electron chi connectivity index (χ4n) is 3.36. The summed E-state index contributed by atoms with van der Waals surface area (Å²) in [4.78, 5) is 24.0. The van der Waals surface area contributed by atoms with Crippen LogP contribution in [0.2, 0.25) is 5.02 Å². The number of carbonyl (C=O) groups is 1. The molecule has 0 saturated carbocycles. The molecule has 1 saturated heterocycles. The molecule has 2 aliphatic heterocycles. The molecule has 2 heterocycles. The van der Waals surface area contributed by atoms with Crippen molar-refractivity contribution < 1.29 is 4.79 Å². The molecule has 1 amide bonds. The molecule has 4 rings (SSSR count). The fraction of sp³-hybridized carbons (Fsp3) is 0.304. The first-order chi connectivity index (χ1) is 14.4. The first kappa shape index (κ1) is 21.3. The fourth-order valence-corrected chi connectivity index (χ4v) is 5.87. The first-order valence-corrected chi connectivity index (χ1v) is 12.0. The predicted octanol–water partition coefficient (Wildman–Crippen LogP) is 6.73. The Kier molecular flexibility index (Phi) is 6.19. The molecule has 0 aromatic heterocycles. The Morgan fingerprint density at radius 2 is 1.87 bits per heavy atom. The maximum Gasteiger partial charge on any atom is 0.269 e. The first-order valence-electron chi connectivity index (χ1n) is 10.00. The zero-order valence-electron chi connectivity index (χ0n) is 17.5. The topological polar surface area (TPSA) is 35.9 Å². The van der Waals surface area contributed by atoms with Gasteiger partial charge in [0.15, 0.2) is 5.17 Å². The van der Waals surface area contributed by atoms with Crippen molar-refractivity contribution in [1.82, 2.24) is 4.90 Å². The van der Waals surface area contributed by atoms with E-state index in [1.165, 1.54) is 22.9 Å². The van der Waals surface area contributed by atoms with Gasteiger partial charge in [0.05, 0.1) is 16.4 Å². The third kappa shape index (κ3) is 4.01. The number of hydrogen-bond acceptors (Lipinski definition) is 5. The number of aliphatic imine (C=N–C) groups is 1. The molecule has 0 aliphatic carbocycles. The lowest BCUT2D eigenvalue weighted by molar-refractivity contribution is -0.122. The highest BCUT2D eigenvalue weighted by Gasteiger charge is 2.38. The molecule has 0 N–H and O–H groups in total. The lowest BCUT2D eigenvalue weighted by Gasteiger charge is -2.16. The van der Waals surface area contributed by atoms with E-state index in [-0.39, 0.29) is 5.91 Å². The Hall–Kier alpha value is -1.89. The van der Waals surface area contributed by atoms with Gasteiger partial charge in [-0.3, -0.25) is 9.69 Å². The number of benzene rings is 2. The number of hydrogen-bond donors (Lipinski definition) is 0. The summed E-state index contributed by atoms with van der Waals surface area (Å²) in [6.45, 7) is 6.98. The Balaban J connectivity index is 1.72. The van der Waals surface area contributed by atoms with Gasteiger partial charge in [0, 0.05) is 23.5 Å². The highest BCUT2D eigenvalue weighted by Crippen LogP contribution is 2.50. The SMILES string of the molecule is CCCCN1C(=O)C(=C2Sc3ccc(Cl)cc3N2C)SC1=Nc1ccc(C)c(C)c1. The maximum atomic E-state index is 13.4. The van der Waals surface area contributed by atoms with Crippen LogP contribution in [0.15, 0.2) is 56.2 Å². The second kappa shape index (κ2) is 8.69. The minimum Gasteiger partial charge on any atom is -0.337 e. The van der Waals surface area contributed by atoms with Gasteiger partial charge in [-0.2, -0.15) is 0 Å². The van der Waals surface area contributed by atoms with E-state index in [9.17, 15) is 4.79 Å². The van der Waals surface area contributed by atoms with E-state index in [4.69, 9.17) is 16.6 Å². The lowest BCUT2D eigenvalue weighted by Crippen LogP contribution is -2.30. The second-order valence-electron chi connectivity index (χ2n) is 7.48. The third-order valence-electron chi connectivity index (χ3n) is 5.30. The van der Waals surface area contributed by atoms with Crippen molar-refractivity contribution in [2.75, 3.05) is 18.5 Å². The number of fused-ring (bicyclic) bond motifs is 1. The molecule has 7 heteroatoms. The number of thioether (sulfide) groups is 2. The van der Waals surface area contributed by atoms with Crippen LogP contribution in [0.25, 0.3) is 0 Å². The summed E-state index contributed by atoms with van der Waals surface area (Å²) >= 11 is 9.28. The number of aryl methyl sites for hydroxylation is 2. The van der Waals surface area contributed by atoms with E-state index in [1.807, 2.05) is 36.2 Å². The molecule has 4 nitrogen and oxygen atoms in total. The van der Waals surface area contributed by atoms with Crippen molar-refractivity contribution in [3.05, 3.63) is 62.5 Å².